The molecule has 2 aromatic carbocycles. The van der Waals surface area contributed by atoms with Crippen LogP contribution < -0.4 is 10.9 Å². The summed E-state index contributed by atoms with van der Waals surface area (Å²) in [4.78, 5) is 43.8. The zero-order valence-electron chi connectivity index (χ0n) is 17.9. The van der Waals surface area contributed by atoms with E-state index in [2.05, 4.69) is 15.3 Å². The molecule has 2 heterocycles. The SMILES string of the molecule is Cc1ccc(-c2cn3cc(C(=O)N[C@@H](Cc4ccc(F)cc4)C(=O)O)nc3c(=O)[nH]2)cc1C. The summed E-state index contributed by atoms with van der Waals surface area (Å²) in [5.74, 6) is -2.42. The Morgan fingerprint density at radius 2 is 1.85 bits per heavy atom. The second-order valence-corrected chi connectivity index (χ2v) is 7.85. The number of benzene rings is 2. The standard InChI is InChI=1S/C24H21FN4O4/c1-13-3-6-16(9-14(13)2)19-11-29-12-20(26-21(29)23(31)28-19)22(30)27-18(24(32)33)10-15-4-7-17(25)8-5-15/h3-9,11-12,18H,10H2,1-2H3,(H,27,30)(H,28,31)(H,32,33)/t18-/m0/s1. The molecule has 168 valence electrons. The minimum Gasteiger partial charge on any atom is -0.480 e. The van der Waals surface area contributed by atoms with E-state index >= 15 is 0 Å². The van der Waals surface area contributed by atoms with Gasteiger partial charge >= 0.3 is 5.97 Å². The number of aliphatic carboxylic acids is 1. The zero-order chi connectivity index (χ0) is 23.7. The number of hydrogen-bond acceptors (Lipinski definition) is 4. The van der Waals surface area contributed by atoms with E-state index in [-0.39, 0.29) is 17.8 Å². The average Bonchev–Trinajstić information content (AvgIpc) is 3.21. The Kier molecular flexibility index (Phi) is 5.78. The van der Waals surface area contributed by atoms with Crippen LogP contribution >= 0.6 is 0 Å². The maximum Gasteiger partial charge on any atom is 0.326 e. The molecule has 0 unspecified atom stereocenters. The van der Waals surface area contributed by atoms with E-state index in [0.717, 1.165) is 16.7 Å². The van der Waals surface area contributed by atoms with E-state index in [1.165, 1.54) is 34.9 Å². The Morgan fingerprint density at radius 3 is 2.52 bits per heavy atom. The van der Waals surface area contributed by atoms with Crippen molar-refractivity contribution in [3.8, 4) is 11.3 Å². The van der Waals surface area contributed by atoms with Gasteiger partial charge in [0.2, 0.25) is 5.65 Å². The molecule has 0 radical (unpaired) electrons. The number of aromatic amines is 1. The van der Waals surface area contributed by atoms with Gasteiger partial charge in [-0.1, -0.05) is 24.3 Å². The molecule has 0 saturated carbocycles. The second-order valence-electron chi connectivity index (χ2n) is 7.85. The fraction of sp³-hybridized carbons (Fsp3) is 0.167. The number of nitrogens with zero attached hydrogens (tertiary/aromatic N) is 2. The Labute approximate surface area is 187 Å². The van der Waals surface area contributed by atoms with Crippen LogP contribution in [0.25, 0.3) is 16.9 Å². The van der Waals surface area contributed by atoms with Crippen LogP contribution in [0.15, 0.2) is 59.7 Å². The number of aryl methyl sites for hydroxylation is 2. The number of rotatable bonds is 6. The quantitative estimate of drug-likeness (QED) is 0.419. The summed E-state index contributed by atoms with van der Waals surface area (Å²) in [5, 5.41) is 11.9. The van der Waals surface area contributed by atoms with Crippen LogP contribution in [0, 0.1) is 19.7 Å². The summed E-state index contributed by atoms with van der Waals surface area (Å²) in [7, 11) is 0. The molecule has 0 aliphatic carbocycles. The molecule has 9 heteroatoms. The highest BCUT2D eigenvalue weighted by Gasteiger charge is 2.23. The average molecular weight is 448 g/mol. The molecule has 4 aromatic rings. The van der Waals surface area contributed by atoms with Crippen LogP contribution in [-0.4, -0.2) is 37.4 Å². The number of halogens is 1. The highest BCUT2D eigenvalue weighted by Crippen LogP contribution is 2.20. The third-order valence-corrected chi connectivity index (χ3v) is 5.46. The minimum absolute atomic E-state index is 0.0122. The van der Waals surface area contributed by atoms with Crippen LogP contribution in [0.4, 0.5) is 4.39 Å². The Morgan fingerprint density at radius 1 is 1.12 bits per heavy atom. The number of carbonyl (C=O) groups excluding carboxylic acids is 1. The Balaban J connectivity index is 1.60. The molecule has 33 heavy (non-hydrogen) atoms. The van der Waals surface area contributed by atoms with E-state index in [1.807, 2.05) is 32.0 Å². The monoisotopic (exact) mass is 448 g/mol. The van der Waals surface area contributed by atoms with Crippen LogP contribution in [0.5, 0.6) is 0 Å². The zero-order valence-corrected chi connectivity index (χ0v) is 17.9. The fourth-order valence-electron chi connectivity index (χ4n) is 3.46. The molecule has 1 amide bonds. The number of hydrogen-bond donors (Lipinski definition) is 3. The normalized spacial score (nSPS) is 12.0. The maximum atomic E-state index is 13.1. The number of fused-ring (bicyclic) bond motifs is 1. The van der Waals surface area contributed by atoms with Crippen molar-refractivity contribution in [2.75, 3.05) is 0 Å². The van der Waals surface area contributed by atoms with Gasteiger partial charge in [0.05, 0.1) is 5.69 Å². The molecule has 1 atom stereocenters. The van der Waals surface area contributed by atoms with E-state index in [9.17, 15) is 23.9 Å². The van der Waals surface area contributed by atoms with Crippen molar-refractivity contribution in [3.63, 3.8) is 0 Å². The third kappa shape index (κ3) is 4.67. The van der Waals surface area contributed by atoms with Crippen molar-refractivity contribution in [3.05, 3.63) is 93.4 Å². The minimum atomic E-state index is -1.25. The molecule has 0 aliphatic rings. The lowest BCUT2D eigenvalue weighted by Crippen LogP contribution is -2.42. The van der Waals surface area contributed by atoms with Crippen molar-refractivity contribution in [2.24, 2.45) is 0 Å². The smallest absolute Gasteiger partial charge is 0.326 e. The molecule has 8 nitrogen and oxygen atoms in total. The van der Waals surface area contributed by atoms with Gasteiger partial charge in [0, 0.05) is 18.8 Å². The van der Waals surface area contributed by atoms with Crippen LogP contribution in [0.2, 0.25) is 0 Å². The van der Waals surface area contributed by atoms with Gasteiger partial charge < -0.3 is 15.4 Å². The lowest BCUT2D eigenvalue weighted by molar-refractivity contribution is -0.139. The van der Waals surface area contributed by atoms with Crippen molar-refractivity contribution < 1.29 is 19.1 Å². The first-order chi connectivity index (χ1) is 15.7. The molecular formula is C24H21FN4O4. The van der Waals surface area contributed by atoms with Gasteiger partial charge in [-0.3, -0.25) is 14.0 Å². The molecule has 0 fully saturated rings. The Bertz CT molecular complexity index is 1420. The number of carboxylic acids is 1. The van der Waals surface area contributed by atoms with Crippen LogP contribution in [0.1, 0.15) is 27.2 Å². The summed E-state index contributed by atoms with van der Waals surface area (Å²) >= 11 is 0. The third-order valence-electron chi connectivity index (χ3n) is 5.46. The number of aromatic nitrogens is 3. The number of nitrogens with one attached hydrogen (secondary N) is 2. The lowest BCUT2D eigenvalue weighted by atomic mass is 10.0. The first-order valence-corrected chi connectivity index (χ1v) is 10.2. The first-order valence-electron chi connectivity index (χ1n) is 10.2. The fourth-order valence-corrected chi connectivity index (χ4v) is 3.46. The van der Waals surface area contributed by atoms with E-state index in [1.54, 1.807) is 6.20 Å². The summed E-state index contributed by atoms with van der Waals surface area (Å²) in [5.41, 5.74) is 3.54. The lowest BCUT2D eigenvalue weighted by Gasteiger charge is -2.13. The van der Waals surface area contributed by atoms with Gasteiger partial charge in [0.1, 0.15) is 17.6 Å². The largest absolute Gasteiger partial charge is 0.480 e. The molecule has 0 saturated heterocycles. The molecule has 3 N–H and O–H groups in total. The Hall–Kier alpha value is -4.27. The van der Waals surface area contributed by atoms with E-state index in [0.29, 0.717) is 11.3 Å². The van der Waals surface area contributed by atoms with E-state index in [4.69, 9.17) is 0 Å². The molecule has 0 aliphatic heterocycles. The van der Waals surface area contributed by atoms with Crippen molar-refractivity contribution in [2.45, 2.75) is 26.3 Å². The van der Waals surface area contributed by atoms with Gasteiger partial charge in [0.15, 0.2) is 0 Å². The highest BCUT2D eigenvalue weighted by atomic mass is 19.1. The van der Waals surface area contributed by atoms with Crippen molar-refractivity contribution in [1.82, 2.24) is 19.7 Å². The van der Waals surface area contributed by atoms with Crippen molar-refractivity contribution >= 4 is 17.5 Å². The number of carbonyl (C=O) groups is 2. The number of carboxylic acid groups (broad SMARTS) is 1. The number of imidazole rings is 1. The highest BCUT2D eigenvalue weighted by molar-refractivity contribution is 5.95. The van der Waals surface area contributed by atoms with Crippen molar-refractivity contribution in [1.29, 1.82) is 0 Å². The van der Waals surface area contributed by atoms with Gasteiger partial charge in [-0.2, -0.15) is 0 Å². The molecule has 2 aromatic heterocycles. The molecular weight excluding hydrogens is 427 g/mol. The first kappa shape index (κ1) is 21.9. The second kappa shape index (κ2) is 8.70. The number of amides is 1. The predicted octanol–water partition coefficient (Wildman–Crippen LogP) is 2.87. The van der Waals surface area contributed by atoms with E-state index < -0.39 is 29.3 Å². The number of H-pyrrole nitrogens is 1. The summed E-state index contributed by atoms with van der Waals surface area (Å²) in [6.07, 6.45) is 2.99. The van der Waals surface area contributed by atoms with Gasteiger partial charge in [-0.25, -0.2) is 14.2 Å². The van der Waals surface area contributed by atoms with Gasteiger partial charge in [-0.05, 0) is 54.3 Å². The topological polar surface area (TPSA) is 117 Å². The maximum absolute atomic E-state index is 13.1. The summed E-state index contributed by atoms with van der Waals surface area (Å²) in [6, 6.07) is 9.88. The van der Waals surface area contributed by atoms with Crippen LogP contribution in [0.3, 0.4) is 0 Å². The predicted molar refractivity (Wildman–Crippen MR) is 120 cm³/mol. The van der Waals surface area contributed by atoms with Crippen LogP contribution in [-0.2, 0) is 11.2 Å². The van der Waals surface area contributed by atoms with Gasteiger partial charge in [-0.15, -0.1) is 0 Å². The molecule has 4 rings (SSSR count). The molecule has 0 spiro atoms. The molecule has 0 bridgehead atoms. The summed E-state index contributed by atoms with van der Waals surface area (Å²) in [6.45, 7) is 3.96. The summed E-state index contributed by atoms with van der Waals surface area (Å²) < 4.78 is 14.5. The van der Waals surface area contributed by atoms with Gasteiger partial charge in [0.25, 0.3) is 11.5 Å².